The number of fused-ring (bicyclic) bond motifs is 1. The third-order valence-electron chi connectivity index (χ3n) is 4.20. The summed E-state index contributed by atoms with van der Waals surface area (Å²) in [7, 11) is 0. The van der Waals surface area contributed by atoms with Crippen molar-refractivity contribution in [2.75, 3.05) is 0 Å². The van der Waals surface area contributed by atoms with Crippen molar-refractivity contribution in [2.45, 2.75) is 10.6 Å². The number of hydrogen-bond donors (Lipinski definition) is 1. The van der Waals surface area contributed by atoms with Gasteiger partial charge in [0.1, 0.15) is 11.6 Å². The zero-order valence-electron chi connectivity index (χ0n) is 14.3. The SMILES string of the molecule is NC(=O)c1ccc2c(c1)nc(CSc1ccccc1)n2-c1ccc(F)cc1. The first-order valence-electron chi connectivity index (χ1n) is 8.37. The van der Waals surface area contributed by atoms with Gasteiger partial charge in [-0.2, -0.15) is 0 Å². The number of aromatic nitrogens is 2. The zero-order valence-corrected chi connectivity index (χ0v) is 15.1. The van der Waals surface area contributed by atoms with Gasteiger partial charge in [-0.15, -0.1) is 11.8 Å². The van der Waals surface area contributed by atoms with Gasteiger partial charge in [0, 0.05) is 16.1 Å². The zero-order chi connectivity index (χ0) is 18.8. The van der Waals surface area contributed by atoms with Gasteiger partial charge in [-0.3, -0.25) is 9.36 Å². The molecule has 0 aliphatic rings. The number of rotatable bonds is 5. The molecule has 2 N–H and O–H groups in total. The highest BCUT2D eigenvalue weighted by molar-refractivity contribution is 7.98. The molecule has 0 spiro atoms. The van der Waals surface area contributed by atoms with Crippen LogP contribution >= 0.6 is 11.8 Å². The molecule has 27 heavy (non-hydrogen) atoms. The minimum atomic E-state index is -0.492. The Labute approximate surface area is 159 Å². The lowest BCUT2D eigenvalue weighted by molar-refractivity contribution is 0.100. The number of thioether (sulfide) groups is 1. The van der Waals surface area contributed by atoms with Gasteiger partial charge in [-0.25, -0.2) is 9.37 Å². The van der Waals surface area contributed by atoms with E-state index in [4.69, 9.17) is 10.7 Å². The standard InChI is InChI=1S/C21H16FN3OS/c22-15-7-9-16(10-8-15)25-19-11-6-14(21(23)26)12-18(19)24-20(25)13-27-17-4-2-1-3-5-17/h1-12H,13H2,(H2,23,26). The second-order valence-electron chi connectivity index (χ2n) is 6.01. The normalized spacial score (nSPS) is 11.0. The molecular weight excluding hydrogens is 361 g/mol. The number of halogens is 1. The highest BCUT2D eigenvalue weighted by atomic mass is 32.2. The van der Waals surface area contributed by atoms with Crippen molar-refractivity contribution in [3.05, 3.63) is 90.0 Å². The van der Waals surface area contributed by atoms with Crippen LogP contribution in [0.25, 0.3) is 16.7 Å². The molecule has 4 nitrogen and oxygen atoms in total. The van der Waals surface area contributed by atoms with E-state index in [1.54, 1.807) is 36.0 Å². The van der Waals surface area contributed by atoms with Crippen molar-refractivity contribution in [2.24, 2.45) is 5.73 Å². The second-order valence-corrected chi connectivity index (χ2v) is 7.06. The van der Waals surface area contributed by atoms with Crippen molar-refractivity contribution in [1.82, 2.24) is 9.55 Å². The fourth-order valence-corrected chi connectivity index (χ4v) is 3.76. The van der Waals surface area contributed by atoms with E-state index in [1.807, 2.05) is 41.0 Å². The molecule has 0 saturated carbocycles. The Bertz CT molecular complexity index is 1110. The summed E-state index contributed by atoms with van der Waals surface area (Å²) in [6, 6.07) is 21.5. The van der Waals surface area contributed by atoms with Crippen LogP contribution in [0.4, 0.5) is 4.39 Å². The van der Waals surface area contributed by atoms with Crippen LogP contribution in [0.15, 0.2) is 77.7 Å². The Balaban J connectivity index is 1.80. The van der Waals surface area contributed by atoms with E-state index in [2.05, 4.69) is 0 Å². The molecule has 4 aromatic rings. The fourth-order valence-electron chi connectivity index (χ4n) is 2.92. The predicted octanol–water partition coefficient (Wildman–Crippen LogP) is 4.56. The van der Waals surface area contributed by atoms with E-state index in [1.165, 1.54) is 12.1 Å². The maximum absolute atomic E-state index is 13.4. The summed E-state index contributed by atoms with van der Waals surface area (Å²) in [6.07, 6.45) is 0. The Morgan fingerprint density at radius 1 is 1.04 bits per heavy atom. The van der Waals surface area contributed by atoms with Crippen LogP contribution in [0.3, 0.4) is 0 Å². The van der Waals surface area contributed by atoms with Crippen LogP contribution in [-0.4, -0.2) is 15.5 Å². The maximum Gasteiger partial charge on any atom is 0.248 e. The molecule has 0 saturated heterocycles. The summed E-state index contributed by atoms with van der Waals surface area (Å²) in [4.78, 5) is 17.3. The number of nitrogens with two attached hydrogens (primary N) is 1. The third-order valence-corrected chi connectivity index (χ3v) is 5.21. The lowest BCUT2D eigenvalue weighted by Crippen LogP contribution is -2.10. The molecule has 0 aliphatic carbocycles. The Morgan fingerprint density at radius 2 is 1.78 bits per heavy atom. The number of primary amides is 1. The van der Waals surface area contributed by atoms with Gasteiger partial charge >= 0.3 is 0 Å². The van der Waals surface area contributed by atoms with Gasteiger partial charge in [0.25, 0.3) is 0 Å². The molecule has 3 aromatic carbocycles. The molecular formula is C21H16FN3OS. The average Bonchev–Trinajstić information content (AvgIpc) is 3.05. The van der Waals surface area contributed by atoms with Gasteiger partial charge in [0.15, 0.2) is 0 Å². The number of carbonyl (C=O) groups is 1. The summed E-state index contributed by atoms with van der Waals surface area (Å²) in [5.74, 6) is 0.655. The molecule has 0 radical (unpaired) electrons. The van der Waals surface area contributed by atoms with Gasteiger partial charge in [-0.05, 0) is 54.6 Å². The van der Waals surface area contributed by atoms with Crippen molar-refractivity contribution in [3.63, 3.8) is 0 Å². The van der Waals surface area contributed by atoms with Crippen molar-refractivity contribution in [1.29, 1.82) is 0 Å². The first-order chi connectivity index (χ1) is 13.1. The third kappa shape index (κ3) is 3.57. The summed E-state index contributed by atoms with van der Waals surface area (Å²) < 4.78 is 15.4. The first kappa shape index (κ1) is 17.3. The smallest absolute Gasteiger partial charge is 0.248 e. The van der Waals surface area contributed by atoms with Crippen LogP contribution < -0.4 is 5.73 Å². The monoisotopic (exact) mass is 377 g/mol. The quantitative estimate of drug-likeness (QED) is 0.519. The maximum atomic E-state index is 13.4. The number of amides is 1. The highest BCUT2D eigenvalue weighted by Crippen LogP contribution is 2.28. The van der Waals surface area contributed by atoms with Crippen LogP contribution in [0, 0.1) is 5.82 Å². The molecule has 1 heterocycles. The largest absolute Gasteiger partial charge is 0.366 e. The highest BCUT2D eigenvalue weighted by Gasteiger charge is 2.14. The summed E-state index contributed by atoms with van der Waals surface area (Å²) in [6.45, 7) is 0. The number of imidazole rings is 1. The van der Waals surface area contributed by atoms with Gasteiger partial charge < -0.3 is 5.73 Å². The van der Waals surface area contributed by atoms with Gasteiger partial charge in [0.05, 0.1) is 16.8 Å². The van der Waals surface area contributed by atoms with Crippen molar-refractivity contribution < 1.29 is 9.18 Å². The topological polar surface area (TPSA) is 60.9 Å². The van der Waals surface area contributed by atoms with E-state index >= 15 is 0 Å². The number of nitrogens with zero attached hydrogens (tertiary/aromatic N) is 2. The second kappa shape index (κ2) is 7.25. The summed E-state index contributed by atoms with van der Waals surface area (Å²) in [5, 5.41) is 0. The lowest BCUT2D eigenvalue weighted by atomic mass is 10.2. The molecule has 6 heteroatoms. The van der Waals surface area contributed by atoms with E-state index < -0.39 is 5.91 Å². The summed E-state index contributed by atoms with van der Waals surface area (Å²) >= 11 is 1.66. The minimum absolute atomic E-state index is 0.292. The summed E-state index contributed by atoms with van der Waals surface area (Å²) in [5.41, 5.74) is 8.14. The van der Waals surface area contributed by atoms with E-state index in [9.17, 15) is 9.18 Å². The predicted molar refractivity (Wildman–Crippen MR) is 106 cm³/mol. The Morgan fingerprint density at radius 3 is 2.48 bits per heavy atom. The molecule has 0 aliphatic heterocycles. The molecule has 1 aromatic heterocycles. The first-order valence-corrected chi connectivity index (χ1v) is 9.35. The van der Waals surface area contributed by atoms with Crippen molar-refractivity contribution >= 4 is 28.7 Å². The van der Waals surface area contributed by atoms with Crippen LogP contribution in [0.5, 0.6) is 0 Å². The van der Waals surface area contributed by atoms with Crippen LogP contribution in [0.1, 0.15) is 16.2 Å². The lowest BCUT2D eigenvalue weighted by Gasteiger charge is -2.09. The van der Waals surface area contributed by atoms with Crippen molar-refractivity contribution in [3.8, 4) is 5.69 Å². The van der Waals surface area contributed by atoms with E-state index in [0.29, 0.717) is 16.8 Å². The average molecular weight is 377 g/mol. The molecule has 4 rings (SSSR count). The molecule has 0 fully saturated rings. The van der Waals surface area contributed by atoms with Gasteiger partial charge in [-0.1, -0.05) is 18.2 Å². The van der Waals surface area contributed by atoms with Crippen LogP contribution in [-0.2, 0) is 5.75 Å². The number of carbonyl (C=O) groups excluding carboxylic acids is 1. The molecule has 0 atom stereocenters. The fraction of sp³-hybridized carbons (Fsp3) is 0.0476. The molecule has 0 unspecified atom stereocenters. The van der Waals surface area contributed by atoms with E-state index in [-0.39, 0.29) is 5.82 Å². The minimum Gasteiger partial charge on any atom is -0.366 e. The van der Waals surface area contributed by atoms with E-state index in [0.717, 1.165) is 21.9 Å². The molecule has 1 amide bonds. The Kier molecular flexibility index (Phi) is 4.64. The van der Waals surface area contributed by atoms with Crippen LogP contribution in [0.2, 0.25) is 0 Å². The van der Waals surface area contributed by atoms with Gasteiger partial charge in [0.2, 0.25) is 5.91 Å². The Hall–Kier alpha value is -3.12. The molecule has 0 bridgehead atoms. The number of hydrogen-bond acceptors (Lipinski definition) is 3. The molecule has 134 valence electrons. The number of benzene rings is 3.